The average molecular weight is 764 g/mol. The zero-order chi connectivity index (χ0) is 40.0. The maximum atomic E-state index is 5.28. The number of nitrogens with zero attached hydrogens (tertiary/aromatic N) is 3. The van der Waals surface area contributed by atoms with E-state index in [1.165, 1.54) is 60.9 Å². The largest absolute Gasteiger partial charge is 0.261 e. The molecule has 0 fully saturated rings. The first-order valence-corrected chi connectivity index (χ1v) is 21.1. The predicted octanol–water partition coefficient (Wildman–Crippen LogP) is 14.8. The molecule has 0 amide bonds. The first-order chi connectivity index (χ1) is 29.1. The number of hydrogen-bond donors (Lipinski definition) is 0. The number of rotatable bonds is 11. The first-order valence-electron chi connectivity index (χ1n) is 21.1. The molecule has 3 heteroatoms. The Labute approximate surface area is 349 Å². The lowest BCUT2D eigenvalue weighted by molar-refractivity contribution is 0.803. The number of benzene rings is 5. The highest BCUT2D eigenvalue weighted by molar-refractivity contribution is 6.02. The Morgan fingerprint density at radius 3 is 2.32 bits per heavy atom. The summed E-state index contributed by atoms with van der Waals surface area (Å²) < 4.78 is 0. The van der Waals surface area contributed by atoms with Gasteiger partial charge in [-0.3, -0.25) is 4.99 Å². The van der Waals surface area contributed by atoms with E-state index < -0.39 is 0 Å². The Balaban J connectivity index is 1.03. The molecular weight excluding hydrogens is 715 g/mol. The third kappa shape index (κ3) is 8.20. The van der Waals surface area contributed by atoms with Crippen LogP contribution in [-0.4, -0.2) is 16.2 Å². The van der Waals surface area contributed by atoms with Gasteiger partial charge in [-0.25, -0.2) is 9.97 Å². The molecule has 0 bridgehead atoms. The van der Waals surface area contributed by atoms with Crippen LogP contribution in [0.4, 0.5) is 5.69 Å². The summed E-state index contributed by atoms with van der Waals surface area (Å²) in [6.45, 7) is 6.05. The van der Waals surface area contributed by atoms with Crippen molar-refractivity contribution >= 4 is 34.3 Å². The van der Waals surface area contributed by atoms with E-state index >= 15 is 0 Å². The molecule has 1 heterocycles. The van der Waals surface area contributed by atoms with Gasteiger partial charge in [-0.05, 0) is 118 Å². The van der Waals surface area contributed by atoms with Gasteiger partial charge >= 0.3 is 0 Å². The standard InChI is InChI=1S/C56H49N3/c1-3-5-14-41-16-6-9-18-48(41)42-27-31-45(32-28-42)55-38-54(44-25-23-39(24-26-44)35-36-57-53-22-13-8-15-40(53)4-2)58-56(59-55)46-33-29-43(30-34-46)52-37-47-17-7-10-19-49(47)50-20-11-12-21-51(50)52/h3,5,8,10-16,18-25,27-34,36-38,44H,1,4,6-7,9,17,26,35H2,2H3/b14-5-,57-36?. The highest BCUT2D eigenvalue weighted by Gasteiger charge is 2.19. The van der Waals surface area contributed by atoms with Crippen molar-refractivity contribution < 1.29 is 0 Å². The summed E-state index contributed by atoms with van der Waals surface area (Å²) in [6.07, 6.45) is 31.1. The number of allylic oxidation sites excluding steroid dienone is 12. The zero-order valence-corrected chi connectivity index (χ0v) is 33.8. The molecule has 9 rings (SSSR count). The number of aliphatic imine (C=N–C) groups is 1. The Morgan fingerprint density at radius 2 is 1.51 bits per heavy atom. The summed E-state index contributed by atoms with van der Waals surface area (Å²) in [5, 5.41) is 2.60. The van der Waals surface area contributed by atoms with Crippen molar-refractivity contribution in [2.24, 2.45) is 4.99 Å². The van der Waals surface area contributed by atoms with E-state index in [4.69, 9.17) is 15.0 Å². The van der Waals surface area contributed by atoms with Crippen LogP contribution in [0.3, 0.4) is 0 Å². The maximum Gasteiger partial charge on any atom is 0.160 e. The predicted molar refractivity (Wildman–Crippen MR) is 251 cm³/mol. The number of hydrogen-bond acceptors (Lipinski definition) is 3. The van der Waals surface area contributed by atoms with Gasteiger partial charge in [0, 0.05) is 29.7 Å². The topological polar surface area (TPSA) is 38.1 Å². The fourth-order valence-corrected chi connectivity index (χ4v) is 8.62. The van der Waals surface area contributed by atoms with Gasteiger partial charge in [-0.15, -0.1) is 0 Å². The molecule has 0 N–H and O–H groups in total. The van der Waals surface area contributed by atoms with Gasteiger partial charge in [0.05, 0.1) is 17.1 Å². The smallest absolute Gasteiger partial charge is 0.160 e. The Morgan fingerprint density at radius 1 is 0.746 bits per heavy atom. The molecule has 1 aromatic heterocycles. The van der Waals surface area contributed by atoms with Crippen molar-refractivity contribution in [2.75, 3.05) is 0 Å². The van der Waals surface area contributed by atoms with Crippen LogP contribution in [0.1, 0.15) is 72.9 Å². The lowest BCUT2D eigenvalue weighted by Gasteiger charge is -2.18. The van der Waals surface area contributed by atoms with Crippen LogP contribution in [0.15, 0.2) is 187 Å². The summed E-state index contributed by atoms with van der Waals surface area (Å²) in [7, 11) is 0. The molecular formula is C56H49N3. The van der Waals surface area contributed by atoms with Crippen molar-refractivity contribution in [3.63, 3.8) is 0 Å². The molecule has 0 spiro atoms. The van der Waals surface area contributed by atoms with Gasteiger partial charge < -0.3 is 0 Å². The number of aromatic nitrogens is 2. The van der Waals surface area contributed by atoms with Crippen molar-refractivity contribution in [3.8, 4) is 33.8 Å². The third-order valence-electron chi connectivity index (χ3n) is 11.8. The molecule has 1 unspecified atom stereocenters. The van der Waals surface area contributed by atoms with Crippen LogP contribution in [0.2, 0.25) is 0 Å². The minimum absolute atomic E-state index is 0.142. The van der Waals surface area contributed by atoms with E-state index in [-0.39, 0.29) is 5.92 Å². The molecule has 3 aliphatic rings. The summed E-state index contributed by atoms with van der Waals surface area (Å²) in [4.78, 5) is 15.3. The first kappa shape index (κ1) is 37.8. The average Bonchev–Trinajstić information content (AvgIpc) is 3.31. The summed E-state index contributed by atoms with van der Waals surface area (Å²) in [5.74, 6) is 0.886. The highest BCUT2D eigenvalue weighted by atomic mass is 14.9. The zero-order valence-electron chi connectivity index (χ0n) is 33.8. The number of aryl methyl sites for hydroxylation is 2. The second-order valence-corrected chi connectivity index (χ2v) is 15.6. The Kier molecular flexibility index (Phi) is 11.2. The minimum Gasteiger partial charge on any atom is -0.261 e. The Bertz CT molecular complexity index is 2750. The van der Waals surface area contributed by atoms with E-state index in [0.717, 1.165) is 79.0 Å². The third-order valence-corrected chi connectivity index (χ3v) is 11.8. The lowest BCUT2D eigenvalue weighted by Crippen LogP contribution is -2.05. The molecule has 288 valence electrons. The molecule has 0 saturated carbocycles. The number of fused-ring (bicyclic) bond motifs is 3. The second kappa shape index (κ2) is 17.4. The van der Waals surface area contributed by atoms with Gasteiger partial charge in [0.15, 0.2) is 5.82 Å². The summed E-state index contributed by atoms with van der Waals surface area (Å²) in [6, 6.07) is 39.5. The van der Waals surface area contributed by atoms with Gasteiger partial charge in [-0.2, -0.15) is 0 Å². The van der Waals surface area contributed by atoms with Crippen molar-refractivity contribution in [1.82, 2.24) is 9.97 Å². The van der Waals surface area contributed by atoms with Crippen molar-refractivity contribution in [3.05, 3.63) is 210 Å². The van der Waals surface area contributed by atoms with Crippen LogP contribution in [0.5, 0.6) is 0 Å². The normalized spacial score (nSPS) is 16.3. The van der Waals surface area contributed by atoms with Crippen LogP contribution in [0.25, 0.3) is 56.2 Å². The summed E-state index contributed by atoms with van der Waals surface area (Å²) in [5.41, 5.74) is 16.6. The Hall–Kier alpha value is -6.71. The van der Waals surface area contributed by atoms with Gasteiger partial charge in [0.2, 0.25) is 0 Å². The molecule has 6 aromatic rings. The molecule has 0 aliphatic heterocycles. The van der Waals surface area contributed by atoms with Gasteiger partial charge in [-0.1, -0.05) is 165 Å². The molecule has 5 aromatic carbocycles. The van der Waals surface area contributed by atoms with E-state index in [1.54, 1.807) is 0 Å². The SMILES string of the molecule is C=C/C=C\C1=CCCC=C1c1ccc(-c2cc(C3C=CC(CC=Nc4ccccc4CC)=CC3)nc(-c3ccc(-c4cc5c(c6ccccc46)C=CCC5)cc3)n2)cc1. The number of para-hydroxylation sites is 1. The molecule has 1 atom stereocenters. The van der Waals surface area contributed by atoms with Crippen molar-refractivity contribution in [1.29, 1.82) is 0 Å². The van der Waals surface area contributed by atoms with E-state index in [1.807, 2.05) is 18.4 Å². The van der Waals surface area contributed by atoms with E-state index in [0.29, 0.717) is 0 Å². The molecule has 59 heavy (non-hydrogen) atoms. The monoisotopic (exact) mass is 763 g/mol. The van der Waals surface area contributed by atoms with Crippen LogP contribution in [-0.2, 0) is 12.8 Å². The van der Waals surface area contributed by atoms with Crippen molar-refractivity contribution in [2.45, 2.75) is 57.8 Å². The summed E-state index contributed by atoms with van der Waals surface area (Å²) >= 11 is 0. The molecule has 0 saturated heterocycles. The van der Waals surface area contributed by atoms with E-state index in [9.17, 15) is 0 Å². The highest BCUT2D eigenvalue weighted by Crippen LogP contribution is 2.38. The molecule has 0 radical (unpaired) electrons. The van der Waals surface area contributed by atoms with E-state index in [2.05, 4.69) is 171 Å². The van der Waals surface area contributed by atoms with Crippen LogP contribution < -0.4 is 0 Å². The quantitative estimate of drug-likeness (QED) is 0.0973. The van der Waals surface area contributed by atoms with Gasteiger partial charge in [0.25, 0.3) is 0 Å². The van der Waals surface area contributed by atoms with Gasteiger partial charge in [0.1, 0.15) is 0 Å². The second-order valence-electron chi connectivity index (χ2n) is 15.6. The lowest BCUT2D eigenvalue weighted by atomic mass is 9.87. The minimum atomic E-state index is 0.142. The maximum absolute atomic E-state index is 5.28. The fraction of sp³-hybridized carbons (Fsp3) is 0.161. The fourth-order valence-electron chi connectivity index (χ4n) is 8.62. The van der Waals surface area contributed by atoms with Crippen LogP contribution in [0, 0.1) is 0 Å². The van der Waals surface area contributed by atoms with Crippen LogP contribution >= 0.6 is 0 Å². The molecule has 3 nitrogen and oxygen atoms in total. The molecule has 3 aliphatic carbocycles.